The molecule has 1 aromatic rings. The first-order chi connectivity index (χ1) is 11.7. The molecule has 0 heterocycles. The molecule has 0 unspecified atom stereocenters. The van der Waals surface area contributed by atoms with Crippen LogP contribution < -0.4 is 0 Å². The zero-order valence-corrected chi connectivity index (χ0v) is 16.9. The van der Waals surface area contributed by atoms with Crippen LogP contribution in [0.1, 0.15) is 90.7 Å². The van der Waals surface area contributed by atoms with Crippen molar-refractivity contribution in [2.24, 2.45) is 17.8 Å². The molecule has 1 heteroatoms. The summed E-state index contributed by atoms with van der Waals surface area (Å²) < 4.78 is 6.98. The Bertz CT molecular complexity index is 587. The van der Waals surface area contributed by atoms with Crippen LogP contribution in [0.15, 0.2) is 24.3 Å². The molecule has 5 rings (SSSR count). The van der Waals surface area contributed by atoms with E-state index in [9.17, 15) is 0 Å². The van der Waals surface area contributed by atoms with E-state index in [4.69, 9.17) is 4.74 Å². The molecule has 138 valence electrons. The van der Waals surface area contributed by atoms with Crippen LogP contribution in [-0.2, 0) is 15.8 Å². The molecule has 0 radical (unpaired) electrons. The summed E-state index contributed by atoms with van der Waals surface area (Å²) in [6.45, 7) is 11.5. The Labute approximate surface area is 154 Å². The molecule has 0 aromatic heterocycles. The van der Waals surface area contributed by atoms with E-state index >= 15 is 0 Å². The van der Waals surface area contributed by atoms with Crippen molar-refractivity contribution >= 4 is 0 Å². The van der Waals surface area contributed by atoms with Crippen molar-refractivity contribution in [2.45, 2.75) is 96.2 Å². The van der Waals surface area contributed by atoms with E-state index in [2.05, 4.69) is 58.9 Å². The molecule has 0 N–H and O–H groups in total. The van der Waals surface area contributed by atoms with E-state index in [0.29, 0.717) is 0 Å². The predicted octanol–water partition coefficient (Wildman–Crippen LogP) is 6.59. The van der Waals surface area contributed by atoms with Gasteiger partial charge in [0.1, 0.15) is 0 Å². The highest BCUT2D eigenvalue weighted by atomic mass is 16.5. The van der Waals surface area contributed by atoms with Gasteiger partial charge in [0.25, 0.3) is 0 Å². The summed E-state index contributed by atoms with van der Waals surface area (Å²) in [4.78, 5) is 0. The topological polar surface area (TPSA) is 9.23 Å². The largest absolute Gasteiger partial charge is 0.364 e. The molecule has 0 amide bonds. The highest BCUT2D eigenvalue weighted by molar-refractivity contribution is 5.31. The molecular weight excluding hydrogens is 304 g/mol. The Kier molecular flexibility index (Phi) is 4.11. The zero-order valence-electron chi connectivity index (χ0n) is 16.9. The fraction of sp³-hybridized carbons (Fsp3) is 0.750. The SMILES string of the molecule is CCC(C)(C)c1ccc(C(C)(C)OC23CC4CC(CC(C4)C2)C3)cc1. The lowest BCUT2D eigenvalue weighted by atomic mass is 9.54. The highest BCUT2D eigenvalue weighted by Gasteiger charge is 2.53. The minimum Gasteiger partial charge on any atom is -0.364 e. The molecule has 4 bridgehead atoms. The van der Waals surface area contributed by atoms with E-state index in [1.165, 1.54) is 56.1 Å². The van der Waals surface area contributed by atoms with Crippen LogP contribution in [0.3, 0.4) is 0 Å². The molecule has 0 atom stereocenters. The second-order valence-electron chi connectivity index (χ2n) is 10.5. The van der Waals surface area contributed by atoms with Crippen LogP contribution in [0, 0.1) is 17.8 Å². The minimum atomic E-state index is -0.194. The molecule has 0 aliphatic heterocycles. The van der Waals surface area contributed by atoms with Gasteiger partial charge in [0.2, 0.25) is 0 Å². The Balaban J connectivity index is 1.54. The number of ether oxygens (including phenoxy) is 1. The average Bonchev–Trinajstić information content (AvgIpc) is 2.52. The predicted molar refractivity (Wildman–Crippen MR) is 105 cm³/mol. The summed E-state index contributed by atoms with van der Waals surface area (Å²) in [6, 6.07) is 9.27. The first-order valence-corrected chi connectivity index (χ1v) is 10.5. The maximum Gasteiger partial charge on any atom is 0.0882 e. The van der Waals surface area contributed by atoms with Gasteiger partial charge >= 0.3 is 0 Å². The van der Waals surface area contributed by atoms with Gasteiger partial charge in [-0.2, -0.15) is 0 Å². The van der Waals surface area contributed by atoms with Gasteiger partial charge in [0, 0.05) is 0 Å². The summed E-state index contributed by atoms with van der Waals surface area (Å²) in [5, 5.41) is 0. The second-order valence-corrected chi connectivity index (χ2v) is 10.5. The number of hydrogen-bond donors (Lipinski definition) is 0. The Morgan fingerprint density at radius 3 is 1.72 bits per heavy atom. The summed E-state index contributed by atoms with van der Waals surface area (Å²) >= 11 is 0. The number of rotatable bonds is 5. The maximum atomic E-state index is 6.98. The van der Waals surface area contributed by atoms with Gasteiger partial charge in [-0.25, -0.2) is 0 Å². The maximum absolute atomic E-state index is 6.98. The molecule has 25 heavy (non-hydrogen) atoms. The zero-order chi connectivity index (χ0) is 17.9. The normalized spacial score (nSPS) is 34.5. The first-order valence-electron chi connectivity index (χ1n) is 10.5. The fourth-order valence-electron chi connectivity index (χ4n) is 6.28. The smallest absolute Gasteiger partial charge is 0.0882 e. The van der Waals surface area contributed by atoms with E-state index < -0.39 is 0 Å². The van der Waals surface area contributed by atoms with Crippen molar-refractivity contribution in [3.05, 3.63) is 35.4 Å². The van der Waals surface area contributed by atoms with E-state index in [0.717, 1.165) is 17.8 Å². The van der Waals surface area contributed by atoms with Gasteiger partial charge in [0.15, 0.2) is 0 Å². The molecule has 4 saturated carbocycles. The average molecular weight is 341 g/mol. The molecule has 0 saturated heterocycles. The lowest BCUT2D eigenvalue weighted by molar-refractivity contribution is -0.219. The quantitative estimate of drug-likeness (QED) is 0.587. The first kappa shape index (κ1) is 17.6. The third-order valence-electron chi connectivity index (χ3n) is 7.70. The Hall–Kier alpha value is -0.820. The molecule has 4 fully saturated rings. The van der Waals surface area contributed by atoms with Crippen LogP contribution in [0.25, 0.3) is 0 Å². The molecule has 1 nitrogen and oxygen atoms in total. The van der Waals surface area contributed by atoms with Crippen molar-refractivity contribution in [1.82, 2.24) is 0 Å². The van der Waals surface area contributed by atoms with Gasteiger partial charge < -0.3 is 4.74 Å². The number of hydrogen-bond acceptors (Lipinski definition) is 1. The fourth-order valence-corrected chi connectivity index (χ4v) is 6.28. The molecule has 4 aliphatic carbocycles. The van der Waals surface area contributed by atoms with Crippen LogP contribution in [0.5, 0.6) is 0 Å². The van der Waals surface area contributed by atoms with E-state index in [-0.39, 0.29) is 16.6 Å². The Morgan fingerprint density at radius 2 is 1.28 bits per heavy atom. The van der Waals surface area contributed by atoms with Crippen LogP contribution >= 0.6 is 0 Å². The van der Waals surface area contributed by atoms with Crippen molar-refractivity contribution in [2.75, 3.05) is 0 Å². The highest BCUT2D eigenvalue weighted by Crippen LogP contribution is 2.58. The van der Waals surface area contributed by atoms with Gasteiger partial charge in [-0.15, -0.1) is 0 Å². The van der Waals surface area contributed by atoms with Gasteiger partial charge in [0.05, 0.1) is 11.2 Å². The molecule has 1 aromatic carbocycles. The standard InChI is InChI=1S/C24H36O/c1-6-22(2,3)20-7-9-21(10-8-20)23(4,5)25-24-14-17-11-18(15-24)13-19(12-17)16-24/h7-10,17-19H,6,11-16H2,1-5H3. The van der Waals surface area contributed by atoms with E-state index in [1.54, 1.807) is 0 Å². The lowest BCUT2D eigenvalue weighted by Crippen LogP contribution is -2.54. The van der Waals surface area contributed by atoms with Crippen molar-refractivity contribution < 1.29 is 4.74 Å². The minimum absolute atomic E-state index is 0.166. The van der Waals surface area contributed by atoms with Crippen molar-refractivity contribution in [3.8, 4) is 0 Å². The van der Waals surface area contributed by atoms with Crippen LogP contribution in [0.4, 0.5) is 0 Å². The molecule has 4 aliphatic rings. The van der Waals surface area contributed by atoms with Gasteiger partial charge in [-0.05, 0) is 93.1 Å². The van der Waals surface area contributed by atoms with Crippen LogP contribution in [0.2, 0.25) is 0 Å². The van der Waals surface area contributed by atoms with Crippen LogP contribution in [-0.4, -0.2) is 5.60 Å². The summed E-state index contributed by atoms with van der Waals surface area (Å²) in [7, 11) is 0. The molecule has 0 spiro atoms. The van der Waals surface area contributed by atoms with Gasteiger partial charge in [-0.1, -0.05) is 45.0 Å². The summed E-state index contributed by atoms with van der Waals surface area (Å²) in [6.07, 6.45) is 9.52. The Morgan fingerprint density at radius 1 is 0.840 bits per heavy atom. The summed E-state index contributed by atoms with van der Waals surface area (Å²) in [5.74, 6) is 2.82. The van der Waals surface area contributed by atoms with Crippen molar-refractivity contribution in [1.29, 1.82) is 0 Å². The van der Waals surface area contributed by atoms with Crippen molar-refractivity contribution in [3.63, 3.8) is 0 Å². The summed E-state index contributed by atoms with van der Waals surface area (Å²) in [5.41, 5.74) is 2.99. The second kappa shape index (κ2) is 5.84. The third-order valence-corrected chi connectivity index (χ3v) is 7.70. The molecular formula is C24H36O. The van der Waals surface area contributed by atoms with Gasteiger partial charge in [-0.3, -0.25) is 0 Å². The monoisotopic (exact) mass is 340 g/mol. The number of benzene rings is 1. The third kappa shape index (κ3) is 3.18. The lowest BCUT2D eigenvalue weighted by Gasteiger charge is -2.58. The van der Waals surface area contributed by atoms with E-state index in [1.807, 2.05) is 0 Å².